The van der Waals surface area contributed by atoms with Crippen LogP contribution in [0.15, 0.2) is 72.8 Å². The highest BCUT2D eigenvalue weighted by molar-refractivity contribution is 5.90. The molecule has 9 nitrogen and oxygen atoms in total. The summed E-state index contributed by atoms with van der Waals surface area (Å²) in [6, 6.07) is 23.5. The van der Waals surface area contributed by atoms with Gasteiger partial charge in [0, 0.05) is 26.7 Å². The van der Waals surface area contributed by atoms with Crippen molar-refractivity contribution in [1.29, 1.82) is 0 Å². The maximum atomic E-state index is 13.9. The Labute approximate surface area is 246 Å². The van der Waals surface area contributed by atoms with Crippen LogP contribution in [-0.4, -0.2) is 63.5 Å². The molecule has 0 radical (unpaired) electrons. The molecule has 0 aliphatic carbocycles. The van der Waals surface area contributed by atoms with Crippen LogP contribution in [0.3, 0.4) is 0 Å². The molecule has 0 spiro atoms. The summed E-state index contributed by atoms with van der Waals surface area (Å²) in [4.78, 5) is 29.4. The van der Waals surface area contributed by atoms with Gasteiger partial charge in [-0.3, -0.25) is 9.59 Å². The van der Waals surface area contributed by atoms with Crippen molar-refractivity contribution in [2.75, 3.05) is 19.7 Å². The van der Waals surface area contributed by atoms with E-state index in [-0.39, 0.29) is 29.7 Å². The molecule has 2 amide bonds. The van der Waals surface area contributed by atoms with E-state index in [0.717, 1.165) is 41.7 Å². The third-order valence-corrected chi connectivity index (χ3v) is 8.57. The molecule has 2 saturated heterocycles. The highest BCUT2D eigenvalue weighted by Gasteiger charge is 2.43. The summed E-state index contributed by atoms with van der Waals surface area (Å²) >= 11 is 0. The van der Waals surface area contributed by atoms with Crippen LogP contribution in [0.5, 0.6) is 5.75 Å². The van der Waals surface area contributed by atoms with Crippen molar-refractivity contribution in [1.82, 2.24) is 30.5 Å². The van der Waals surface area contributed by atoms with E-state index in [4.69, 9.17) is 4.74 Å². The molecule has 0 unspecified atom stereocenters. The van der Waals surface area contributed by atoms with E-state index in [1.807, 2.05) is 67.4 Å². The predicted molar refractivity (Wildman–Crippen MR) is 161 cm³/mol. The van der Waals surface area contributed by atoms with Crippen molar-refractivity contribution < 1.29 is 14.3 Å². The summed E-state index contributed by atoms with van der Waals surface area (Å²) < 4.78 is 7.32. The van der Waals surface area contributed by atoms with Crippen LogP contribution in [-0.2, 0) is 29.6 Å². The fourth-order valence-corrected chi connectivity index (χ4v) is 6.39. The fourth-order valence-electron chi connectivity index (χ4n) is 6.39. The minimum Gasteiger partial charge on any atom is -0.494 e. The van der Waals surface area contributed by atoms with Gasteiger partial charge in [0.25, 0.3) is 0 Å². The minimum absolute atomic E-state index is 0.0174. The maximum absolute atomic E-state index is 13.9. The van der Waals surface area contributed by atoms with E-state index in [1.54, 1.807) is 4.68 Å². The molecule has 6 rings (SSSR count). The second kappa shape index (κ2) is 12.3. The van der Waals surface area contributed by atoms with Gasteiger partial charge in [0.05, 0.1) is 18.2 Å². The first-order valence-corrected chi connectivity index (χ1v) is 14.8. The lowest BCUT2D eigenvalue weighted by Gasteiger charge is -2.27. The molecule has 2 N–H and O–H groups in total. The number of fused-ring (bicyclic) bond motifs is 1. The number of carbonyl (C=O) groups excluding carboxylic acids is 2. The third kappa shape index (κ3) is 6.01. The second-order valence-corrected chi connectivity index (χ2v) is 11.4. The van der Waals surface area contributed by atoms with Crippen LogP contribution < -0.4 is 15.4 Å². The Morgan fingerprint density at radius 1 is 1.02 bits per heavy atom. The molecule has 2 aliphatic heterocycles. The average molecular weight is 567 g/mol. The van der Waals surface area contributed by atoms with Gasteiger partial charge in [-0.1, -0.05) is 53.7 Å². The summed E-state index contributed by atoms with van der Waals surface area (Å²) in [5.74, 6) is 1.22. The lowest BCUT2D eigenvalue weighted by atomic mass is 9.96. The van der Waals surface area contributed by atoms with Gasteiger partial charge < -0.3 is 20.3 Å². The predicted octanol–water partition coefficient (Wildman–Crippen LogP) is 3.59. The molecule has 2 fully saturated rings. The number of nitrogens with zero attached hydrogens (tertiary/aromatic N) is 4. The molecule has 0 saturated carbocycles. The number of aromatic nitrogens is 3. The van der Waals surface area contributed by atoms with Crippen LogP contribution in [0.2, 0.25) is 0 Å². The number of ether oxygens (including phenoxy) is 1. The molecule has 9 heteroatoms. The van der Waals surface area contributed by atoms with Gasteiger partial charge in [-0.2, -0.15) is 0 Å². The normalized spacial score (nSPS) is 22.0. The third-order valence-electron chi connectivity index (χ3n) is 8.57. The average Bonchev–Trinajstić information content (AvgIpc) is 3.76. The smallest absolute Gasteiger partial charge is 0.243 e. The Balaban J connectivity index is 1.15. The molecule has 3 aromatic carbocycles. The van der Waals surface area contributed by atoms with Crippen molar-refractivity contribution in [3.8, 4) is 5.75 Å². The molecular weight excluding hydrogens is 528 g/mol. The van der Waals surface area contributed by atoms with Crippen LogP contribution >= 0.6 is 0 Å². The Bertz CT molecular complexity index is 1540. The first kappa shape index (κ1) is 27.9. The van der Waals surface area contributed by atoms with E-state index in [9.17, 15) is 9.59 Å². The lowest BCUT2D eigenvalue weighted by molar-refractivity contribution is -0.139. The number of nitrogens with one attached hydrogen (secondary N) is 2. The Hall–Kier alpha value is -4.24. The maximum Gasteiger partial charge on any atom is 0.243 e. The van der Waals surface area contributed by atoms with Gasteiger partial charge in [0.2, 0.25) is 11.8 Å². The molecule has 2 aliphatic rings. The van der Waals surface area contributed by atoms with Crippen LogP contribution in [0.4, 0.5) is 0 Å². The lowest BCUT2D eigenvalue weighted by Crippen LogP contribution is -2.51. The molecular formula is C33H38N6O3. The molecule has 1 aromatic heterocycles. The number of rotatable bonds is 9. The van der Waals surface area contributed by atoms with Crippen molar-refractivity contribution in [3.05, 3.63) is 89.5 Å². The van der Waals surface area contributed by atoms with Crippen LogP contribution in [0.1, 0.15) is 42.4 Å². The Morgan fingerprint density at radius 3 is 2.60 bits per heavy atom. The summed E-state index contributed by atoms with van der Waals surface area (Å²) in [5.41, 5.74) is 5.09. The second-order valence-electron chi connectivity index (χ2n) is 11.4. The zero-order valence-electron chi connectivity index (χ0n) is 24.2. The van der Waals surface area contributed by atoms with Gasteiger partial charge in [0.15, 0.2) is 0 Å². The largest absolute Gasteiger partial charge is 0.494 e. The van der Waals surface area contributed by atoms with Gasteiger partial charge in [0.1, 0.15) is 17.3 Å². The number of hydrogen-bond donors (Lipinski definition) is 2. The zero-order valence-corrected chi connectivity index (χ0v) is 24.2. The summed E-state index contributed by atoms with van der Waals surface area (Å²) in [7, 11) is 1.85. The minimum atomic E-state index is -0.511. The van der Waals surface area contributed by atoms with Crippen molar-refractivity contribution in [2.24, 2.45) is 13.0 Å². The van der Waals surface area contributed by atoms with E-state index in [2.05, 4.69) is 45.2 Å². The van der Waals surface area contributed by atoms with Gasteiger partial charge in [-0.25, -0.2) is 4.68 Å². The highest BCUT2D eigenvalue weighted by Crippen LogP contribution is 2.32. The Kier molecular flexibility index (Phi) is 8.19. The summed E-state index contributed by atoms with van der Waals surface area (Å²) in [5, 5.41) is 14.8. The van der Waals surface area contributed by atoms with E-state index in [1.165, 1.54) is 11.1 Å². The van der Waals surface area contributed by atoms with Crippen molar-refractivity contribution >= 4 is 22.8 Å². The number of likely N-dealkylation sites (tertiary alicyclic amines) is 1. The van der Waals surface area contributed by atoms with E-state index in [0.29, 0.717) is 26.1 Å². The monoisotopic (exact) mass is 566 g/mol. The molecule has 218 valence electrons. The first-order valence-electron chi connectivity index (χ1n) is 14.8. The molecule has 4 atom stereocenters. The molecule has 4 aromatic rings. The quantitative estimate of drug-likeness (QED) is 0.321. The number of amides is 2. The number of carbonyl (C=O) groups is 2. The topological polar surface area (TPSA) is 101 Å². The zero-order chi connectivity index (χ0) is 29.1. The van der Waals surface area contributed by atoms with E-state index < -0.39 is 6.04 Å². The summed E-state index contributed by atoms with van der Waals surface area (Å²) in [6.45, 7) is 4.28. The number of benzene rings is 3. The van der Waals surface area contributed by atoms with Gasteiger partial charge in [-0.15, -0.1) is 5.10 Å². The molecule has 3 heterocycles. The summed E-state index contributed by atoms with van der Waals surface area (Å²) in [6.07, 6.45) is 2.16. The SMILES string of the molecule is CCOc1ccc(C[C@@H]2C[C@@H](C(=O)NCc3ccc4c(c3)nnn4C)N(C(=O)[C@H]3C[C@@H](c4ccccc4)CN3)C2)cc1. The van der Waals surface area contributed by atoms with E-state index >= 15 is 0 Å². The Morgan fingerprint density at radius 2 is 1.81 bits per heavy atom. The first-order chi connectivity index (χ1) is 20.5. The van der Waals surface area contributed by atoms with Crippen LogP contribution in [0.25, 0.3) is 11.0 Å². The van der Waals surface area contributed by atoms with Crippen molar-refractivity contribution in [3.63, 3.8) is 0 Å². The molecule has 42 heavy (non-hydrogen) atoms. The van der Waals surface area contributed by atoms with Gasteiger partial charge in [-0.05, 0) is 79.0 Å². The number of aryl methyl sites for hydroxylation is 1. The van der Waals surface area contributed by atoms with Gasteiger partial charge >= 0.3 is 0 Å². The molecule has 0 bridgehead atoms. The number of hydrogen-bond acceptors (Lipinski definition) is 6. The standard InChI is InChI=1S/C33H38N6O3/c1-3-42-27-12-9-22(10-13-27)15-24-17-31(32(40)35-19-23-11-14-30-28(16-23)36-37-38(30)2)39(21-24)33(41)29-18-26(20-34-29)25-7-5-4-6-8-25/h4-14,16,24,26,29,31,34H,3,15,17-21H2,1-2H3,(H,35,40)/t24-,26-,29-,31+/m1/s1. The van der Waals surface area contributed by atoms with Crippen molar-refractivity contribution in [2.45, 2.75) is 50.7 Å². The fraction of sp³-hybridized carbons (Fsp3) is 0.394. The van der Waals surface area contributed by atoms with Crippen LogP contribution in [0, 0.1) is 5.92 Å². The highest BCUT2D eigenvalue weighted by atomic mass is 16.5.